The summed E-state index contributed by atoms with van der Waals surface area (Å²) in [7, 11) is 0. The molecule has 3 N–H and O–H groups in total. The molecule has 1 aromatic heterocycles. The van der Waals surface area contributed by atoms with Crippen LogP contribution in [0.3, 0.4) is 0 Å². The van der Waals surface area contributed by atoms with E-state index in [9.17, 15) is 14.4 Å². The lowest BCUT2D eigenvalue weighted by molar-refractivity contribution is -0.274. The number of fused-ring (bicyclic) bond motifs is 1. The van der Waals surface area contributed by atoms with Crippen LogP contribution in [0.4, 0.5) is 0 Å². The second kappa shape index (κ2) is 14.7. The number of nitrogens with two attached hydrogens (primary N) is 1. The van der Waals surface area contributed by atoms with Crippen LogP contribution in [-0.4, -0.2) is 76.6 Å². The highest BCUT2D eigenvalue weighted by molar-refractivity contribution is 5.95. The highest BCUT2D eigenvalue weighted by Gasteiger charge is 2.51. The van der Waals surface area contributed by atoms with Crippen LogP contribution in [0.25, 0.3) is 22.0 Å². The lowest BCUT2D eigenvalue weighted by Gasteiger charge is -2.45. The third kappa shape index (κ3) is 8.61. The maximum Gasteiger partial charge on any atom is 0.303 e. The van der Waals surface area contributed by atoms with Crippen molar-refractivity contribution in [1.82, 2.24) is 20.3 Å². The van der Waals surface area contributed by atoms with E-state index in [1.807, 2.05) is 42.5 Å². The first kappa shape index (κ1) is 33.0. The second-order valence-corrected chi connectivity index (χ2v) is 11.9. The third-order valence-corrected chi connectivity index (χ3v) is 7.69. The van der Waals surface area contributed by atoms with Gasteiger partial charge in [-0.3, -0.25) is 14.4 Å². The Hall–Kier alpha value is -3.87. The van der Waals surface area contributed by atoms with Crippen LogP contribution >= 0.6 is 0 Å². The van der Waals surface area contributed by atoms with Gasteiger partial charge in [-0.25, -0.2) is 4.68 Å². The van der Waals surface area contributed by atoms with Crippen molar-refractivity contribution in [2.75, 3.05) is 13.2 Å². The van der Waals surface area contributed by atoms with Crippen molar-refractivity contribution in [3.63, 3.8) is 0 Å². The average molecular weight is 610 g/mol. The van der Waals surface area contributed by atoms with E-state index < -0.39 is 42.6 Å². The van der Waals surface area contributed by atoms with Gasteiger partial charge in [0.05, 0.1) is 12.7 Å². The van der Waals surface area contributed by atoms with Gasteiger partial charge in [-0.05, 0) is 42.0 Å². The van der Waals surface area contributed by atoms with Gasteiger partial charge in [0.2, 0.25) is 5.91 Å². The van der Waals surface area contributed by atoms with Crippen LogP contribution in [0, 0.1) is 5.41 Å². The minimum atomic E-state index is -1.08. The van der Waals surface area contributed by atoms with E-state index in [0.717, 1.165) is 29.2 Å². The van der Waals surface area contributed by atoms with Crippen molar-refractivity contribution < 1.29 is 33.3 Å². The molecule has 12 heteroatoms. The predicted molar refractivity (Wildman–Crippen MR) is 163 cm³/mol. The molecule has 0 radical (unpaired) electrons. The highest BCUT2D eigenvalue weighted by atomic mass is 16.7. The molecule has 0 bridgehead atoms. The fourth-order valence-corrected chi connectivity index (χ4v) is 5.66. The molecular formula is C32H43N5O7. The number of benzene rings is 2. The standard InChI is InChI=1S/C32H43N5O7/c1-20(38)34-28-30(43-22(3)40)29(42-21(2)39)27(44-31(28)41-17-9-14-32(4,5)15-16-33)19-37-18-26(35-36-37)25-13-8-11-23-10-6-7-12-24(23)25/h6-8,10-13,18,27-31H,9,14-17,19,33H2,1-5H3,(H,34,38). The number of carbonyl (C=O) groups is 3. The molecule has 0 aliphatic carbocycles. The van der Waals surface area contributed by atoms with E-state index in [4.69, 9.17) is 24.7 Å². The molecule has 238 valence electrons. The van der Waals surface area contributed by atoms with Crippen molar-refractivity contribution in [3.05, 3.63) is 48.7 Å². The first-order chi connectivity index (χ1) is 21.0. The third-order valence-electron chi connectivity index (χ3n) is 7.69. The topological polar surface area (TPSA) is 157 Å². The fraction of sp³-hybridized carbons (Fsp3) is 0.531. The maximum atomic E-state index is 12.3. The molecule has 1 aliphatic rings. The van der Waals surface area contributed by atoms with Crippen LogP contribution in [0.5, 0.6) is 0 Å². The van der Waals surface area contributed by atoms with Crippen molar-refractivity contribution in [3.8, 4) is 11.3 Å². The fourth-order valence-electron chi connectivity index (χ4n) is 5.66. The molecule has 2 heterocycles. The number of nitrogens with zero attached hydrogens (tertiary/aromatic N) is 3. The summed E-state index contributed by atoms with van der Waals surface area (Å²) in [6, 6.07) is 13.0. The number of hydrogen-bond donors (Lipinski definition) is 2. The Kier molecular flexibility index (Phi) is 11.1. The first-order valence-electron chi connectivity index (χ1n) is 14.9. The number of esters is 2. The number of nitrogens with one attached hydrogen (secondary N) is 1. The van der Waals surface area contributed by atoms with Gasteiger partial charge in [0, 0.05) is 32.9 Å². The molecule has 12 nitrogen and oxygen atoms in total. The van der Waals surface area contributed by atoms with Crippen molar-refractivity contribution in [2.24, 2.45) is 11.1 Å². The lowest BCUT2D eigenvalue weighted by atomic mass is 9.84. The SMILES string of the molecule is CC(=O)NC1C(OCCCC(C)(C)CCN)OC(Cn2cc(-c3cccc4ccccc34)nn2)C(OC(C)=O)C1OC(C)=O. The normalized spacial score (nSPS) is 22.0. The van der Waals surface area contributed by atoms with Gasteiger partial charge in [-0.15, -0.1) is 5.10 Å². The van der Waals surface area contributed by atoms with E-state index >= 15 is 0 Å². The maximum absolute atomic E-state index is 12.3. The zero-order valence-corrected chi connectivity index (χ0v) is 26.0. The van der Waals surface area contributed by atoms with E-state index in [-0.39, 0.29) is 17.9 Å². The Morgan fingerprint density at radius 1 is 1.00 bits per heavy atom. The summed E-state index contributed by atoms with van der Waals surface area (Å²) >= 11 is 0. The van der Waals surface area contributed by atoms with Crippen LogP contribution < -0.4 is 11.1 Å². The van der Waals surface area contributed by atoms with E-state index in [0.29, 0.717) is 25.3 Å². The van der Waals surface area contributed by atoms with Crippen LogP contribution in [0.2, 0.25) is 0 Å². The Morgan fingerprint density at radius 2 is 1.70 bits per heavy atom. The number of rotatable bonds is 13. The quantitative estimate of drug-likeness (QED) is 0.218. The van der Waals surface area contributed by atoms with Gasteiger partial charge in [0.25, 0.3) is 0 Å². The minimum absolute atomic E-state index is 0.0423. The first-order valence-corrected chi connectivity index (χ1v) is 14.9. The highest BCUT2D eigenvalue weighted by Crippen LogP contribution is 2.31. The molecule has 1 saturated heterocycles. The summed E-state index contributed by atoms with van der Waals surface area (Å²) in [5.74, 6) is -1.59. The molecule has 5 unspecified atom stereocenters. The summed E-state index contributed by atoms with van der Waals surface area (Å²) in [6.07, 6.45) is 0.235. The smallest absolute Gasteiger partial charge is 0.303 e. The molecule has 3 aromatic rings. The number of aromatic nitrogens is 3. The van der Waals surface area contributed by atoms with Crippen molar-refractivity contribution in [1.29, 1.82) is 0 Å². The summed E-state index contributed by atoms with van der Waals surface area (Å²) in [5.41, 5.74) is 7.37. The van der Waals surface area contributed by atoms with E-state index in [1.54, 1.807) is 10.9 Å². The summed E-state index contributed by atoms with van der Waals surface area (Å²) in [5, 5.41) is 13.6. The average Bonchev–Trinajstić information content (AvgIpc) is 3.42. The Bertz CT molecular complexity index is 1440. The lowest BCUT2D eigenvalue weighted by Crippen LogP contribution is -2.66. The van der Waals surface area contributed by atoms with Gasteiger partial charge in [0.1, 0.15) is 17.8 Å². The zero-order chi connectivity index (χ0) is 31.9. The largest absolute Gasteiger partial charge is 0.456 e. The molecule has 1 aliphatic heterocycles. The van der Waals surface area contributed by atoms with Gasteiger partial charge >= 0.3 is 11.9 Å². The number of carbonyl (C=O) groups excluding carboxylic acids is 3. The summed E-state index contributed by atoms with van der Waals surface area (Å²) in [6.45, 7) is 9.17. The Labute approximate surface area is 257 Å². The Morgan fingerprint density at radius 3 is 2.41 bits per heavy atom. The minimum Gasteiger partial charge on any atom is -0.456 e. The van der Waals surface area contributed by atoms with Crippen molar-refractivity contribution in [2.45, 2.75) is 91.1 Å². The monoisotopic (exact) mass is 609 g/mol. The molecule has 5 atom stereocenters. The molecule has 0 spiro atoms. The molecule has 1 fully saturated rings. The molecule has 2 aromatic carbocycles. The van der Waals surface area contributed by atoms with Gasteiger partial charge < -0.3 is 30.0 Å². The van der Waals surface area contributed by atoms with E-state index in [2.05, 4.69) is 29.5 Å². The number of hydrogen-bond acceptors (Lipinski definition) is 10. The molecule has 44 heavy (non-hydrogen) atoms. The molecule has 1 amide bonds. The number of ether oxygens (including phenoxy) is 4. The van der Waals surface area contributed by atoms with E-state index in [1.165, 1.54) is 20.8 Å². The predicted octanol–water partition coefficient (Wildman–Crippen LogP) is 3.36. The van der Waals surface area contributed by atoms with Crippen LogP contribution in [0.15, 0.2) is 48.7 Å². The molecule has 0 saturated carbocycles. The molecule has 4 rings (SSSR count). The number of amides is 1. The van der Waals surface area contributed by atoms with Gasteiger partial charge in [0.15, 0.2) is 18.5 Å². The summed E-state index contributed by atoms with van der Waals surface area (Å²) in [4.78, 5) is 36.7. The summed E-state index contributed by atoms with van der Waals surface area (Å²) < 4.78 is 25.5. The second-order valence-electron chi connectivity index (χ2n) is 11.9. The van der Waals surface area contributed by atoms with Gasteiger partial charge in [-0.2, -0.15) is 0 Å². The van der Waals surface area contributed by atoms with Crippen LogP contribution in [0.1, 0.15) is 53.9 Å². The van der Waals surface area contributed by atoms with Crippen molar-refractivity contribution >= 4 is 28.6 Å². The Balaban J connectivity index is 1.61. The molecular weight excluding hydrogens is 566 g/mol. The van der Waals surface area contributed by atoms with Crippen LogP contribution in [-0.2, 0) is 39.9 Å². The zero-order valence-electron chi connectivity index (χ0n) is 26.0. The van der Waals surface area contributed by atoms with Gasteiger partial charge in [-0.1, -0.05) is 61.5 Å².